The monoisotopic (exact) mass is 378 g/mol. The quantitative estimate of drug-likeness (QED) is 0.532. The minimum atomic E-state index is -1.57. The van der Waals surface area contributed by atoms with Crippen LogP contribution in [0.5, 0.6) is 0 Å². The molecule has 26 heavy (non-hydrogen) atoms. The zero-order valence-electron chi connectivity index (χ0n) is 19.1. The predicted octanol–water partition coefficient (Wildman–Crippen LogP) is 6.15. The Morgan fingerprint density at radius 2 is 1.62 bits per heavy atom. The van der Waals surface area contributed by atoms with Crippen LogP contribution in [-0.2, 0) is 4.43 Å². The summed E-state index contributed by atoms with van der Waals surface area (Å²) in [4.78, 5) is 7.42. The molecule has 3 nitrogen and oxygen atoms in total. The molecule has 0 aliphatic heterocycles. The second-order valence-corrected chi connectivity index (χ2v) is 15.3. The molecular weight excluding hydrogens is 336 g/mol. The molecule has 1 rings (SSSR count). The van der Waals surface area contributed by atoms with Crippen molar-refractivity contribution in [3.05, 3.63) is 30.1 Å². The fourth-order valence-corrected chi connectivity index (χ4v) is 4.22. The average Bonchev–Trinajstić information content (AvgIpc) is 2.43. The molecule has 0 saturated carbocycles. The number of hydrogen-bond acceptors (Lipinski definition) is 3. The molecule has 0 spiro atoms. The molecule has 0 amide bonds. The average molecular weight is 379 g/mol. The first-order valence-corrected chi connectivity index (χ1v) is 13.4. The molecule has 1 aromatic rings. The van der Waals surface area contributed by atoms with Gasteiger partial charge < -0.3 is 4.43 Å². The SMILES string of the molecule is CC(C)[C@@H](CO[Si](C)(C)C)N([C@H](c1ccccn1)C(C)(C)C)C(C)(C)C. The lowest BCUT2D eigenvalue weighted by atomic mass is 9.79. The summed E-state index contributed by atoms with van der Waals surface area (Å²) in [5.74, 6) is 0.499. The van der Waals surface area contributed by atoms with E-state index in [1.54, 1.807) is 0 Å². The maximum absolute atomic E-state index is 6.40. The van der Waals surface area contributed by atoms with Crippen molar-refractivity contribution in [3.63, 3.8) is 0 Å². The highest BCUT2D eigenvalue weighted by Gasteiger charge is 2.43. The lowest BCUT2D eigenvalue weighted by Crippen LogP contribution is -2.57. The van der Waals surface area contributed by atoms with E-state index < -0.39 is 8.32 Å². The molecule has 1 heterocycles. The summed E-state index contributed by atoms with van der Waals surface area (Å²) in [7, 11) is -1.57. The van der Waals surface area contributed by atoms with Gasteiger partial charge in [-0.25, -0.2) is 0 Å². The number of pyridine rings is 1. The standard InChI is InChI=1S/C22H42N2OSi/c1-17(2)19(16-25-26(9,10)11)24(22(6,7)8)20(21(3,4)5)18-14-12-13-15-23-18/h12-15,17,19-20H,16H2,1-11H3/t19-,20-/m1/s1. The van der Waals surface area contributed by atoms with Gasteiger partial charge in [-0.3, -0.25) is 9.88 Å². The van der Waals surface area contributed by atoms with Crippen LogP contribution in [-0.4, -0.2) is 36.4 Å². The molecule has 0 unspecified atom stereocenters. The van der Waals surface area contributed by atoms with Crippen LogP contribution < -0.4 is 0 Å². The minimum absolute atomic E-state index is 0.00715. The van der Waals surface area contributed by atoms with Crippen molar-refractivity contribution >= 4 is 8.32 Å². The van der Waals surface area contributed by atoms with E-state index in [0.29, 0.717) is 12.0 Å². The first-order chi connectivity index (χ1) is 11.6. The molecule has 1 aromatic heterocycles. The van der Waals surface area contributed by atoms with Crippen molar-refractivity contribution in [1.82, 2.24) is 9.88 Å². The Morgan fingerprint density at radius 1 is 1.04 bits per heavy atom. The summed E-state index contributed by atoms with van der Waals surface area (Å²) >= 11 is 0. The van der Waals surface area contributed by atoms with Gasteiger partial charge in [0.25, 0.3) is 0 Å². The molecule has 150 valence electrons. The Balaban J connectivity index is 3.43. The summed E-state index contributed by atoms with van der Waals surface area (Å²) < 4.78 is 6.40. The molecule has 0 radical (unpaired) electrons. The summed E-state index contributed by atoms with van der Waals surface area (Å²) in [6, 6.07) is 6.84. The van der Waals surface area contributed by atoms with E-state index in [-0.39, 0.29) is 17.0 Å². The van der Waals surface area contributed by atoms with Gasteiger partial charge in [0.05, 0.1) is 11.7 Å². The van der Waals surface area contributed by atoms with Crippen molar-refractivity contribution < 1.29 is 4.43 Å². The van der Waals surface area contributed by atoms with Gasteiger partial charge in [-0.15, -0.1) is 0 Å². The smallest absolute Gasteiger partial charge is 0.183 e. The number of aromatic nitrogens is 1. The highest BCUT2D eigenvalue weighted by atomic mass is 28.4. The molecule has 0 saturated heterocycles. The molecule has 0 bridgehead atoms. The molecular formula is C22H42N2OSi. The van der Waals surface area contributed by atoms with Gasteiger partial charge in [0.15, 0.2) is 8.32 Å². The molecule has 0 aromatic carbocycles. The highest BCUT2D eigenvalue weighted by Crippen LogP contribution is 2.43. The first kappa shape index (κ1) is 23.3. The zero-order valence-corrected chi connectivity index (χ0v) is 20.1. The summed E-state index contributed by atoms with van der Waals surface area (Å²) in [6.07, 6.45) is 1.91. The Morgan fingerprint density at radius 3 is 1.96 bits per heavy atom. The summed E-state index contributed by atoms with van der Waals surface area (Å²) in [6.45, 7) is 26.1. The van der Waals surface area contributed by atoms with Gasteiger partial charge in [-0.2, -0.15) is 0 Å². The van der Waals surface area contributed by atoms with E-state index in [4.69, 9.17) is 9.41 Å². The Hall–Kier alpha value is -0.713. The Bertz CT molecular complexity index is 538. The van der Waals surface area contributed by atoms with E-state index in [1.807, 2.05) is 12.3 Å². The van der Waals surface area contributed by atoms with E-state index in [1.165, 1.54) is 0 Å². The third kappa shape index (κ3) is 6.79. The second-order valence-electron chi connectivity index (χ2n) is 10.8. The van der Waals surface area contributed by atoms with E-state index in [0.717, 1.165) is 12.3 Å². The third-order valence-electron chi connectivity index (χ3n) is 4.65. The van der Waals surface area contributed by atoms with Gasteiger partial charge in [0.2, 0.25) is 0 Å². The van der Waals surface area contributed by atoms with Crippen LogP contribution >= 0.6 is 0 Å². The lowest BCUT2D eigenvalue weighted by molar-refractivity contribution is -0.0503. The van der Waals surface area contributed by atoms with E-state index >= 15 is 0 Å². The Kier molecular flexibility index (Phi) is 7.66. The third-order valence-corrected chi connectivity index (χ3v) is 5.69. The fraction of sp³-hybridized carbons (Fsp3) is 0.773. The largest absolute Gasteiger partial charge is 0.416 e. The number of nitrogens with zero attached hydrogens (tertiary/aromatic N) is 2. The van der Waals surface area contributed by atoms with Crippen LogP contribution in [0, 0.1) is 11.3 Å². The topological polar surface area (TPSA) is 25.4 Å². The molecule has 0 aliphatic carbocycles. The van der Waals surface area contributed by atoms with Crippen molar-refractivity contribution in [1.29, 1.82) is 0 Å². The van der Waals surface area contributed by atoms with Gasteiger partial charge in [0, 0.05) is 24.4 Å². The van der Waals surface area contributed by atoms with E-state index in [2.05, 4.69) is 92.1 Å². The van der Waals surface area contributed by atoms with Crippen molar-refractivity contribution in [2.24, 2.45) is 11.3 Å². The van der Waals surface area contributed by atoms with E-state index in [9.17, 15) is 0 Å². The van der Waals surface area contributed by atoms with Gasteiger partial charge >= 0.3 is 0 Å². The van der Waals surface area contributed by atoms with Crippen molar-refractivity contribution in [3.8, 4) is 0 Å². The van der Waals surface area contributed by atoms with Crippen LogP contribution in [0.3, 0.4) is 0 Å². The summed E-state index contributed by atoms with van der Waals surface area (Å²) in [5, 5.41) is 0. The van der Waals surface area contributed by atoms with Crippen LogP contribution in [0.25, 0.3) is 0 Å². The van der Waals surface area contributed by atoms with Crippen molar-refractivity contribution in [2.75, 3.05) is 6.61 Å². The van der Waals surface area contributed by atoms with Gasteiger partial charge in [-0.1, -0.05) is 40.7 Å². The maximum atomic E-state index is 6.40. The fourth-order valence-electron chi connectivity index (χ4n) is 3.55. The first-order valence-electron chi connectivity index (χ1n) is 9.98. The lowest BCUT2D eigenvalue weighted by Gasteiger charge is -2.52. The number of hydrogen-bond donors (Lipinski definition) is 0. The summed E-state index contributed by atoms with van der Waals surface area (Å²) in [5.41, 5.74) is 1.22. The second kappa shape index (κ2) is 8.53. The van der Waals surface area contributed by atoms with Gasteiger partial charge in [-0.05, 0) is 63.9 Å². The van der Waals surface area contributed by atoms with Crippen LogP contribution in [0.4, 0.5) is 0 Å². The van der Waals surface area contributed by atoms with Crippen LogP contribution in [0.2, 0.25) is 19.6 Å². The number of rotatable bonds is 7. The molecule has 2 atom stereocenters. The van der Waals surface area contributed by atoms with Crippen LogP contribution in [0.15, 0.2) is 24.4 Å². The molecule has 4 heteroatoms. The highest BCUT2D eigenvalue weighted by molar-refractivity contribution is 6.69. The minimum Gasteiger partial charge on any atom is -0.416 e. The predicted molar refractivity (Wildman–Crippen MR) is 116 cm³/mol. The zero-order chi connectivity index (χ0) is 20.3. The normalized spacial score (nSPS) is 16.2. The van der Waals surface area contributed by atoms with Crippen molar-refractivity contribution in [2.45, 2.75) is 92.7 Å². The van der Waals surface area contributed by atoms with Gasteiger partial charge in [0.1, 0.15) is 0 Å². The van der Waals surface area contributed by atoms with Crippen LogP contribution in [0.1, 0.15) is 67.1 Å². The molecule has 0 aliphatic rings. The molecule has 0 N–H and O–H groups in total. The molecule has 0 fully saturated rings. The Labute approximate surface area is 163 Å². The maximum Gasteiger partial charge on any atom is 0.183 e.